The summed E-state index contributed by atoms with van der Waals surface area (Å²) in [6.07, 6.45) is -0.977. The van der Waals surface area contributed by atoms with Gasteiger partial charge in [-0.1, -0.05) is 18.6 Å². The van der Waals surface area contributed by atoms with Crippen LogP contribution in [0.25, 0.3) is 0 Å². The van der Waals surface area contributed by atoms with E-state index in [1.54, 1.807) is 12.1 Å². The van der Waals surface area contributed by atoms with E-state index < -0.39 is 11.7 Å². The van der Waals surface area contributed by atoms with Crippen LogP contribution < -0.4 is 5.32 Å². The van der Waals surface area contributed by atoms with E-state index in [1.807, 2.05) is 7.05 Å². The number of nitrogens with one attached hydrogen (secondary N) is 1. The van der Waals surface area contributed by atoms with Gasteiger partial charge in [-0.05, 0) is 37.6 Å². The smallest absolute Gasteiger partial charge is 0.319 e. The van der Waals surface area contributed by atoms with E-state index in [0.717, 1.165) is 31.4 Å². The summed E-state index contributed by atoms with van der Waals surface area (Å²) in [5, 5.41) is 3.13. The van der Waals surface area contributed by atoms with Crippen LogP contribution in [0.1, 0.15) is 30.4 Å². The van der Waals surface area contributed by atoms with E-state index in [1.165, 1.54) is 12.1 Å². The third-order valence-electron chi connectivity index (χ3n) is 3.65. The summed E-state index contributed by atoms with van der Waals surface area (Å²) in [6.45, 7) is 0.832. The summed E-state index contributed by atoms with van der Waals surface area (Å²) in [5.74, 6) is 0. The Morgan fingerprint density at radius 3 is 2.12 bits per heavy atom. The minimum absolute atomic E-state index is 0.0544. The Morgan fingerprint density at radius 2 is 1.76 bits per heavy atom. The topological polar surface area (TPSA) is 12.0 Å². The number of rotatable bonds is 3. The molecule has 0 atom stereocenters. The predicted octanol–water partition coefficient (Wildman–Crippen LogP) is 3.35. The highest BCUT2D eigenvalue weighted by atomic mass is 19.4. The fraction of sp³-hybridized carbons (Fsp3) is 0.538. The molecule has 17 heavy (non-hydrogen) atoms. The number of halogens is 3. The van der Waals surface area contributed by atoms with Gasteiger partial charge in [-0.15, -0.1) is 0 Å². The highest BCUT2D eigenvalue weighted by molar-refractivity contribution is 5.32. The van der Waals surface area contributed by atoms with Crippen molar-refractivity contribution in [2.45, 2.75) is 30.9 Å². The minimum atomic E-state index is -4.24. The van der Waals surface area contributed by atoms with Gasteiger partial charge in [0.15, 0.2) is 0 Å². The lowest BCUT2D eigenvalue weighted by molar-refractivity contribution is -0.137. The van der Waals surface area contributed by atoms with Crippen LogP contribution in [0.15, 0.2) is 24.3 Å². The number of alkyl halides is 3. The van der Waals surface area contributed by atoms with Gasteiger partial charge in [0.2, 0.25) is 0 Å². The second kappa shape index (κ2) is 4.33. The molecule has 0 aliphatic heterocycles. The number of hydrogen-bond donors (Lipinski definition) is 1. The molecule has 0 bridgehead atoms. The van der Waals surface area contributed by atoms with Crippen LogP contribution in [0.5, 0.6) is 0 Å². The van der Waals surface area contributed by atoms with Gasteiger partial charge in [-0.25, -0.2) is 0 Å². The van der Waals surface area contributed by atoms with Gasteiger partial charge in [-0.2, -0.15) is 13.2 Å². The van der Waals surface area contributed by atoms with Gasteiger partial charge in [0, 0.05) is 12.0 Å². The highest BCUT2D eigenvalue weighted by Crippen LogP contribution is 2.43. The van der Waals surface area contributed by atoms with E-state index in [9.17, 15) is 13.2 Å². The molecule has 0 saturated heterocycles. The molecule has 1 saturated carbocycles. The first-order chi connectivity index (χ1) is 7.98. The molecule has 0 aromatic heterocycles. The molecule has 1 aromatic carbocycles. The molecular formula is C13H16F3N. The quantitative estimate of drug-likeness (QED) is 0.858. The summed E-state index contributed by atoms with van der Waals surface area (Å²) in [7, 11) is 1.88. The SMILES string of the molecule is CNCC1(c2ccc(C(F)(F)F)cc2)CCC1. The Bertz CT molecular complexity index is 377. The lowest BCUT2D eigenvalue weighted by Crippen LogP contribution is -2.42. The van der Waals surface area contributed by atoms with Crippen LogP contribution in [-0.2, 0) is 11.6 Å². The zero-order chi connectivity index (χ0) is 12.5. The third-order valence-corrected chi connectivity index (χ3v) is 3.65. The van der Waals surface area contributed by atoms with Crippen molar-refractivity contribution in [3.05, 3.63) is 35.4 Å². The molecule has 1 aliphatic rings. The zero-order valence-electron chi connectivity index (χ0n) is 9.77. The van der Waals surface area contributed by atoms with Crippen molar-refractivity contribution in [3.8, 4) is 0 Å². The van der Waals surface area contributed by atoms with Crippen molar-refractivity contribution < 1.29 is 13.2 Å². The Balaban J connectivity index is 2.23. The van der Waals surface area contributed by atoms with E-state index in [0.29, 0.717) is 0 Å². The fourth-order valence-electron chi connectivity index (χ4n) is 2.52. The van der Waals surface area contributed by atoms with Crippen LogP contribution >= 0.6 is 0 Å². The van der Waals surface area contributed by atoms with Crippen molar-refractivity contribution in [1.82, 2.24) is 5.32 Å². The van der Waals surface area contributed by atoms with Crippen LogP contribution in [0.3, 0.4) is 0 Å². The summed E-state index contributed by atoms with van der Waals surface area (Å²) in [6, 6.07) is 5.62. The molecule has 1 aliphatic carbocycles. The van der Waals surface area contributed by atoms with Crippen molar-refractivity contribution in [2.24, 2.45) is 0 Å². The summed E-state index contributed by atoms with van der Waals surface area (Å²) >= 11 is 0. The molecule has 0 radical (unpaired) electrons. The first-order valence-corrected chi connectivity index (χ1v) is 5.80. The van der Waals surface area contributed by atoms with Crippen LogP contribution in [0.2, 0.25) is 0 Å². The molecule has 1 aromatic rings. The largest absolute Gasteiger partial charge is 0.416 e. The summed E-state index contributed by atoms with van der Waals surface area (Å²) < 4.78 is 37.3. The van der Waals surface area contributed by atoms with Crippen LogP contribution in [-0.4, -0.2) is 13.6 Å². The average Bonchev–Trinajstić information content (AvgIpc) is 2.22. The van der Waals surface area contributed by atoms with Crippen molar-refractivity contribution in [2.75, 3.05) is 13.6 Å². The van der Waals surface area contributed by atoms with E-state index in [-0.39, 0.29) is 5.41 Å². The normalized spacial score (nSPS) is 18.8. The third kappa shape index (κ3) is 2.32. The lowest BCUT2D eigenvalue weighted by atomic mass is 9.64. The maximum absolute atomic E-state index is 12.4. The second-order valence-corrected chi connectivity index (χ2v) is 4.74. The monoisotopic (exact) mass is 243 g/mol. The van der Waals surface area contributed by atoms with Gasteiger partial charge >= 0.3 is 6.18 Å². The maximum atomic E-state index is 12.4. The number of likely N-dealkylation sites (N-methyl/N-ethyl adjacent to an activating group) is 1. The van der Waals surface area contributed by atoms with Gasteiger partial charge < -0.3 is 5.32 Å². The lowest BCUT2D eigenvalue weighted by Gasteiger charge is -2.42. The number of hydrogen-bond acceptors (Lipinski definition) is 1. The average molecular weight is 243 g/mol. The van der Waals surface area contributed by atoms with Gasteiger partial charge in [0.25, 0.3) is 0 Å². The first-order valence-electron chi connectivity index (χ1n) is 5.80. The van der Waals surface area contributed by atoms with Crippen molar-refractivity contribution in [3.63, 3.8) is 0 Å². The first kappa shape index (κ1) is 12.4. The number of benzene rings is 1. The van der Waals surface area contributed by atoms with E-state index in [4.69, 9.17) is 0 Å². The highest BCUT2D eigenvalue weighted by Gasteiger charge is 2.38. The van der Waals surface area contributed by atoms with Crippen molar-refractivity contribution >= 4 is 0 Å². The molecule has 0 spiro atoms. The minimum Gasteiger partial charge on any atom is -0.319 e. The zero-order valence-corrected chi connectivity index (χ0v) is 9.77. The second-order valence-electron chi connectivity index (χ2n) is 4.74. The van der Waals surface area contributed by atoms with Gasteiger partial charge in [0.1, 0.15) is 0 Å². The van der Waals surface area contributed by atoms with Crippen LogP contribution in [0, 0.1) is 0 Å². The molecule has 4 heteroatoms. The van der Waals surface area contributed by atoms with Gasteiger partial charge in [-0.3, -0.25) is 0 Å². The van der Waals surface area contributed by atoms with Crippen LogP contribution in [0.4, 0.5) is 13.2 Å². The molecule has 1 fully saturated rings. The predicted molar refractivity (Wildman–Crippen MR) is 60.9 cm³/mol. The van der Waals surface area contributed by atoms with E-state index in [2.05, 4.69) is 5.32 Å². The van der Waals surface area contributed by atoms with Crippen molar-refractivity contribution in [1.29, 1.82) is 0 Å². The molecule has 0 amide bonds. The summed E-state index contributed by atoms with van der Waals surface area (Å²) in [4.78, 5) is 0. The molecule has 94 valence electrons. The molecule has 2 rings (SSSR count). The molecule has 0 heterocycles. The maximum Gasteiger partial charge on any atom is 0.416 e. The Kier molecular flexibility index (Phi) is 3.17. The molecule has 1 N–H and O–H groups in total. The Hall–Kier alpha value is -1.03. The fourth-order valence-corrected chi connectivity index (χ4v) is 2.52. The van der Waals surface area contributed by atoms with E-state index >= 15 is 0 Å². The van der Waals surface area contributed by atoms with Gasteiger partial charge in [0.05, 0.1) is 5.56 Å². The Morgan fingerprint density at radius 1 is 1.18 bits per heavy atom. The standard InChI is InChI=1S/C13H16F3N/c1-17-9-12(7-2-8-12)10-3-5-11(6-4-10)13(14,15)16/h3-6,17H,2,7-9H2,1H3. The molecular weight excluding hydrogens is 227 g/mol. The summed E-state index contributed by atoms with van der Waals surface area (Å²) in [5.41, 5.74) is 0.505. The molecule has 1 nitrogen and oxygen atoms in total. The molecule has 0 unspecified atom stereocenters. The Labute approximate surface area is 99.0 Å².